The Bertz CT molecular complexity index is 1310. The highest BCUT2D eigenvalue weighted by Gasteiger charge is 2.11. The van der Waals surface area contributed by atoms with Gasteiger partial charge in [0, 0.05) is 36.1 Å². The molecule has 0 aliphatic heterocycles. The van der Waals surface area contributed by atoms with Gasteiger partial charge in [0.15, 0.2) is 0 Å². The first kappa shape index (κ1) is 16.4. The second-order valence-electron chi connectivity index (χ2n) is 6.96. The highest BCUT2D eigenvalue weighted by atomic mass is 15.0. The molecular weight excluding hydrogens is 346 g/mol. The maximum absolute atomic E-state index is 5.94. The van der Waals surface area contributed by atoms with Crippen molar-refractivity contribution in [1.82, 2.24) is 19.5 Å². The maximum Gasteiger partial charge on any atom is 0.220 e. The van der Waals surface area contributed by atoms with Gasteiger partial charge in [0.1, 0.15) is 5.52 Å². The van der Waals surface area contributed by atoms with Crippen molar-refractivity contribution in [1.29, 1.82) is 0 Å². The van der Waals surface area contributed by atoms with Crippen LogP contribution in [-0.4, -0.2) is 19.5 Å². The first-order valence-electron chi connectivity index (χ1n) is 9.20. The molecule has 3 heterocycles. The number of anilines is 1. The summed E-state index contributed by atoms with van der Waals surface area (Å²) in [7, 11) is 2.05. The fraction of sp³-hybridized carbons (Fsp3) is 0.0870. The predicted molar refractivity (Wildman–Crippen MR) is 113 cm³/mol. The lowest BCUT2D eigenvalue weighted by molar-refractivity contribution is 0.969. The van der Waals surface area contributed by atoms with Crippen molar-refractivity contribution in [2.24, 2.45) is 7.05 Å². The van der Waals surface area contributed by atoms with E-state index in [9.17, 15) is 0 Å². The average Bonchev–Trinajstić information content (AvgIpc) is 3.09. The minimum atomic E-state index is 0.277. The van der Waals surface area contributed by atoms with E-state index < -0.39 is 0 Å². The molecule has 0 amide bonds. The van der Waals surface area contributed by atoms with Crippen LogP contribution in [0.1, 0.15) is 11.3 Å². The third kappa shape index (κ3) is 2.87. The van der Waals surface area contributed by atoms with E-state index >= 15 is 0 Å². The minimum Gasteiger partial charge on any atom is -0.368 e. The molecule has 0 bridgehead atoms. The summed E-state index contributed by atoms with van der Waals surface area (Å²) in [5.41, 5.74) is 12.7. The van der Waals surface area contributed by atoms with E-state index in [2.05, 4.69) is 57.1 Å². The SMILES string of the molecule is Cn1ccc2cc(-c3ccc4nc(N)nc(Cc5ccccc5)c4n3)ccc21. The molecule has 136 valence electrons. The molecule has 0 aliphatic carbocycles. The normalized spacial score (nSPS) is 11.3. The zero-order valence-electron chi connectivity index (χ0n) is 15.5. The van der Waals surface area contributed by atoms with E-state index in [1.807, 2.05) is 37.4 Å². The molecule has 2 aromatic carbocycles. The van der Waals surface area contributed by atoms with E-state index in [0.717, 1.165) is 28.0 Å². The van der Waals surface area contributed by atoms with Gasteiger partial charge in [-0.1, -0.05) is 36.4 Å². The van der Waals surface area contributed by atoms with E-state index in [1.165, 1.54) is 16.5 Å². The number of aryl methyl sites for hydroxylation is 1. The first-order chi connectivity index (χ1) is 13.7. The topological polar surface area (TPSA) is 69.6 Å². The van der Waals surface area contributed by atoms with Gasteiger partial charge in [-0.05, 0) is 35.9 Å². The van der Waals surface area contributed by atoms with Gasteiger partial charge in [-0.25, -0.2) is 15.0 Å². The number of hydrogen-bond acceptors (Lipinski definition) is 4. The summed E-state index contributed by atoms with van der Waals surface area (Å²) < 4.78 is 2.11. The van der Waals surface area contributed by atoms with Crippen molar-refractivity contribution in [3.63, 3.8) is 0 Å². The maximum atomic E-state index is 5.94. The standard InChI is InChI=1S/C23H19N5/c1-28-12-11-17-14-16(7-10-21(17)28)18-8-9-19-22(25-18)20(27-23(24)26-19)13-15-5-3-2-4-6-15/h2-12,14H,13H2,1H3,(H2,24,26,27). The van der Waals surface area contributed by atoms with Crippen molar-refractivity contribution in [3.05, 3.63) is 84.2 Å². The number of aromatic nitrogens is 4. The zero-order chi connectivity index (χ0) is 19.1. The van der Waals surface area contributed by atoms with Gasteiger partial charge in [0.25, 0.3) is 0 Å². The fourth-order valence-electron chi connectivity index (χ4n) is 3.61. The van der Waals surface area contributed by atoms with E-state index in [0.29, 0.717) is 6.42 Å². The summed E-state index contributed by atoms with van der Waals surface area (Å²) in [6, 6.07) is 22.7. The number of nitrogens with zero attached hydrogens (tertiary/aromatic N) is 4. The summed E-state index contributed by atoms with van der Waals surface area (Å²) in [6.07, 6.45) is 2.73. The molecule has 0 spiro atoms. The Morgan fingerprint density at radius 2 is 1.75 bits per heavy atom. The molecule has 0 fully saturated rings. The largest absolute Gasteiger partial charge is 0.368 e. The molecule has 0 unspecified atom stereocenters. The van der Waals surface area contributed by atoms with E-state index in [4.69, 9.17) is 10.7 Å². The van der Waals surface area contributed by atoms with E-state index in [1.54, 1.807) is 0 Å². The predicted octanol–water partition coefficient (Wildman–Crippen LogP) is 4.36. The van der Waals surface area contributed by atoms with Crippen LogP contribution in [0, 0.1) is 0 Å². The van der Waals surface area contributed by atoms with Gasteiger partial charge in [0.2, 0.25) is 5.95 Å². The molecule has 5 aromatic rings. The van der Waals surface area contributed by atoms with Crippen LogP contribution in [-0.2, 0) is 13.5 Å². The van der Waals surface area contributed by atoms with Gasteiger partial charge < -0.3 is 10.3 Å². The molecular formula is C23H19N5. The van der Waals surface area contributed by atoms with Crippen LogP contribution in [0.4, 0.5) is 5.95 Å². The molecule has 0 radical (unpaired) electrons. The fourth-order valence-corrected chi connectivity index (χ4v) is 3.61. The number of pyridine rings is 1. The zero-order valence-corrected chi connectivity index (χ0v) is 15.5. The molecule has 0 saturated heterocycles. The lowest BCUT2D eigenvalue weighted by Gasteiger charge is -2.09. The summed E-state index contributed by atoms with van der Waals surface area (Å²) in [5, 5.41) is 1.19. The van der Waals surface area contributed by atoms with E-state index in [-0.39, 0.29) is 5.95 Å². The summed E-state index contributed by atoms with van der Waals surface area (Å²) in [4.78, 5) is 13.8. The number of nitrogens with two attached hydrogens (primary N) is 1. The number of fused-ring (bicyclic) bond motifs is 2. The Kier molecular flexibility index (Phi) is 3.79. The van der Waals surface area contributed by atoms with Crippen LogP contribution in [0.5, 0.6) is 0 Å². The van der Waals surface area contributed by atoms with Gasteiger partial charge >= 0.3 is 0 Å². The van der Waals surface area contributed by atoms with Crippen LogP contribution in [0.15, 0.2) is 72.9 Å². The quantitative estimate of drug-likeness (QED) is 0.516. The lowest BCUT2D eigenvalue weighted by Crippen LogP contribution is -2.03. The van der Waals surface area contributed by atoms with Crippen LogP contribution in [0.2, 0.25) is 0 Å². The third-order valence-electron chi connectivity index (χ3n) is 5.03. The lowest BCUT2D eigenvalue weighted by atomic mass is 10.1. The number of rotatable bonds is 3. The number of hydrogen-bond donors (Lipinski definition) is 1. The smallest absolute Gasteiger partial charge is 0.220 e. The molecule has 0 aliphatic rings. The summed E-state index contributed by atoms with van der Waals surface area (Å²) in [5.74, 6) is 0.277. The van der Waals surface area contributed by atoms with Gasteiger partial charge in [0.05, 0.1) is 16.9 Å². The highest BCUT2D eigenvalue weighted by Crippen LogP contribution is 2.26. The van der Waals surface area contributed by atoms with Gasteiger partial charge in [-0.15, -0.1) is 0 Å². The van der Waals surface area contributed by atoms with Crippen molar-refractivity contribution < 1.29 is 0 Å². The molecule has 5 heteroatoms. The van der Waals surface area contributed by atoms with Gasteiger partial charge in [-0.2, -0.15) is 0 Å². The molecule has 5 nitrogen and oxygen atoms in total. The van der Waals surface area contributed by atoms with Crippen molar-refractivity contribution in [2.75, 3.05) is 5.73 Å². The molecule has 3 aromatic heterocycles. The van der Waals surface area contributed by atoms with Crippen LogP contribution in [0.25, 0.3) is 33.2 Å². The average molecular weight is 365 g/mol. The van der Waals surface area contributed by atoms with Crippen molar-refractivity contribution >= 4 is 27.9 Å². The highest BCUT2D eigenvalue weighted by molar-refractivity contribution is 5.87. The van der Waals surface area contributed by atoms with Gasteiger partial charge in [-0.3, -0.25) is 0 Å². The monoisotopic (exact) mass is 365 g/mol. The second kappa shape index (κ2) is 6.46. The Morgan fingerprint density at radius 1 is 0.893 bits per heavy atom. The second-order valence-corrected chi connectivity index (χ2v) is 6.96. The Labute approximate surface area is 162 Å². The molecule has 5 rings (SSSR count). The van der Waals surface area contributed by atoms with Crippen LogP contribution in [0.3, 0.4) is 0 Å². The number of nitrogen functional groups attached to an aromatic ring is 1. The van der Waals surface area contributed by atoms with Crippen LogP contribution < -0.4 is 5.73 Å². The van der Waals surface area contributed by atoms with Crippen molar-refractivity contribution in [2.45, 2.75) is 6.42 Å². The molecule has 0 saturated carbocycles. The number of benzene rings is 2. The first-order valence-corrected chi connectivity index (χ1v) is 9.20. The summed E-state index contributed by atoms with van der Waals surface area (Å²) in [6.45, 7) is 0. The molecule has 0 atom stereocenters. The van der Waals surface area contributed by atoms with Crippen molar-refractivity contribution in [3.8, 4) is 11.3 Å². The molecule has 28 heavy (non-hydrogen) atoms. The Hall–Kier alpha value is -3.73. The Morgan fingerprint density at radius 3 is 2.61 bits per heavy atom. The Balaban J connectivity index is 1.64. The summed E-state index contributed by atoms with van der Waals surface area (Å²) >= 11 is 0. The third-order valence-corrected chi connectivity index (χ3v) is 5.03. The van der Waals surface area contributed by atoms with Crippen LogP contribution >= 0.6 is 0 Å². The minimum absolute atomic E-state index is 0.277. The molecule has 2 N–H and O–H groups in total.